The van der Waals surface area contributed by atoms with Gasteiger partial charge < -0.3 is 31.1 Å². The summed E-state index contributed by atoms with van der Waals surface area (Å²) < 4.78 is 69.9. The van der Waals surface area contributed by atoms with E-state index in [2.05, 4.69) is 31.1 Å². The van der Waals surface area contributed by atoms with Crippen LogP contribution in [0.25, 0.3) is 33.7 Å². The Hall–Kier alpha value is -8.44. The van der Waals surface area contributed by atoms with Crippen LogP contribution in [0.4, 0.5) is 45.5 Å². The highest BCUT2D eigenvalue weighted by Crippen LogP contribution is 2.44. The molecule has 0 amide bonds. The fourth-order valence-electron chi connectivity index (χ4n) is 6.22. The predicted octanol–water partition coefficient (Wildman–Crippen LogP) is 8.01. The number of benzene rings is 6. The molecule has 7 aromatic carbocycles. The van der Waals surface area contributed by atoms with Crippen LogP contribution < -0.4 is 21.5 Å². The summed E-state index contributed by atoms with van der Waals surface area (Å²) in [6, 6.07) is 22.0. The molecule has 64 heavy (non-hydrogen) atoms. The van der Waals surface area contributed by atoms with Crippen molar-refractivity contribution in [2.45, 2.75) is 9.79 Å². The number of hydrogen-bond donors (Lipinski definition) is 8. The highest BCUT2D eigenvalue weighted by atomic mass is 32.2. The zero-order chi connectivity index (χ0) is 46.1. The zero-order valence-electron chi connectivity index (χ0n) is 32.1. The molecule has 0 heterocycles. The Bertz CT molecular complexity index is 3270. The number of rotatable bonds is 14. The van der Waals surface area contributed by atoms with Crippen LogP contribution in [0.5, 0.6) is 11.5 Å². The molecule has 0 saturated carbocycles. The van der Waals surface area contributed by atoms with E-state index in [9.17, 15) is 55.3 Å². The van der Waals surface area contributed by atoms with Crippen LogP contribution in [0.1, 0.15) is 11.1 Å². The second-order valence-electron chi connectivity index (χ2n) is 13.6. The number of carboxylic acid groups (broad SMARTS) is 2. The third kappa shape index (κ3) is 9.39. The van der Waals surface area contributed by atoms with Gasteiger partial charge in [-0.15, -0.1) is 10.2 Å². The number of carbonyl (C=O) groups is 2. The average molecular weight is 905 g/mol. The van der Waals surface area contributed by atoms with Gasteiger partial charge in [0.2, 0.25) is 0 Å². The fourth-order valence-corrected chi connectivity index (χ4v) is 7.53. The molecule has 0 aliphatic carbocycles. The zero-order valence-corrected chi connectivity index (χ0v) is 33.7. The van der Waals surface area contributed by atoms with E-state index < -0.39 is 75.7 Å². The van der Waals surface area contributed by atoms with Crippen LogP contribution in [0, 0.1) is 0 Å². The molecule has 7 rings (SSSR count). The maximum atomic E-state index is 12.8. The molecule has 0 radical (unpaired) electrons. The second kappa shape index (κ2) is 17.1. The van der Waals surface area contributed by atoms with Gasteiger partial charge in [-0.25, -0.2) is 9.59 Å². The first-order valence-electron chi connectivity index (χ1n) is 18.0. The van der Waals surface area contributed by atoms with Gasteiger partial charge in [-0.3, -0.25) is 18.7 Å². The lowest BCUT2D eigenvalue weighted by atomic mass is 10.1. The quantitative estimate of drug-likeness (QED) is 0.0222. The maximum Gasteiger partial charge on any atom is 0.328 e. The number of anilines is 4. The Kier molecular flexibility index (Phi) is 11.7. The lowest BCUT2D eigenvalue weighted by Gasteiger charge is -2.16. The third-order valence-electron chi connectivity index (χ3n) is 9.26. The minimum Gasteiger partial charge on any atom is -0.505 e. The van der Waals surface area contributed by atoms with E-state index in [-0.39, 0.29) is 55.7 Å². The van der Waals surface area contributed by atoms with Crippen LogP contribution in [0.15, 0.2) is 149 Å². The van der Waals surface area contributed by atoms with Crippen molar-refractivity contribution >= 4 is 111 Å². The molecule has 7 aromatic rings. The molecule has 0 aliphatic rings. The smallest absolute Gasteiger partial charge is 0.328 e. The summed E-state index contributed by atoms with van der Waals surface area (Å²) in [6.07, 6.45) is 4.52. The van der Waals surface area contributed by atoms with E-state index >= 15 is 0 Å². The molecule has 0 unspecified atom stereocenters. The van der Waals surface area contributed by atoms with Crippen molar-refractivity contribution in [2.75, 3.05) is 10.6 Å². The molecule has 0 fully saturated rings. The summed E-state index contributed by atoms with van der Waals surface area (Å²) in [7, 11) is -10.0. The normalized spacial score (nSPS) is 12.4. The number of phenolic OH excluding ortho intramolecular Hbond substituents is 2. The fraction of sp³-hybridized carbons (Fsp3) is 0. The van der Waals surface area contributed by atoms with Gasteiger partial charge in [0.1, 0.15) is 32.5 Å². The van der Waals surface area contributed by atoms with Crippen LogP contribution in [0.2, 0.25) is 0 Å². The van der Waals surface area contributed by atoms with E-state index in [0.29, 0.717) is 11.1 Å². The van der Waals surface area contributed by atoms with Crippen molar-refractivity contribution < 1.29 is 56.0 Å². The minimum atomic E-state index is -5.02. The van der Waals surface area contributed by atoms with Gasteiger partial charge in [0.25, 0.3) is 31.1 Å². The van der Waals surface area contributed by atoms with Crippen molar-refractivity contribution in [1.29, 1.82) is 0 Å². The molecular formula is C42H28N6O14S2. The van der Waals surface area contributed by atoms with Gasteiger partial charge >= 0.3 is 11.9 Å². The molecule has 0 atom stereocenters. The Morgan fingerprint density at radius 1 is 0.516 bits per heavy atom. The van der Waals surface area contributed by atoms with Crippen molar-refractivity contribution in [3.63, 3.8) is 0 Å². The van der Waals surface area contributed by atoms with Crippen LogP contribution in [-0.2, 0) is 29.8 Å². The molecule has 0 spiro atoms. The topological polar surface area (TPSA) is 331 Å². The molecule has 8 N–H and O–H groups in total. The summed E-state index contributed by atoms with van der Waals surface area (Å²) >= 11 is 0. The van der Waals surface area contributed by atoms with E-state index in [1.807, 2.05) is 0 Å². The molecule has 0 saturated heterocycles. The van der Waals surface area contributed by atoms with Gasteiger partial charge in [0.05, 0.1) is 11.4 Å². The summed E-state index contributed by atoms with van der Waals surface area (Å²) in [5.41, 5.74) is -1.87. The minimum absolute atomic E-state index is 0.0445. The summed E-state index contributed by atoms with van der Waals surface area (Å²) in [6.45, 7) is 0. The Morgan fingerprint density at radius 3 is 1.20 bits per heavy atom. The number of nitrogens with one attached hydrogen (secondary N) is 2. The Labute approximate surface area is 359 Å². The highest BCUT2D eigenvalue weighted by molar-refractivity contribution is 7.86. The number of azo groups is 2. The number of phenols is 2. The number of nitrogens with zero attached hydrogens (tertiary/aromatic N) is 4. The largest absolute Gasteiger partial charge is 0.505 e. The molecular weight excluding hydrogens is 877 g/mol. The molecule has 0 bridgehead atoms. The lowest BCUT2D eigenvalue weighted by Crippen LogP contribution is -2.35. The predicted molar refractivity (Wildman–Crippen MR) is 233 cm³/mol. The Morgan fingerprint density at radius 2 is 0.875 bits per heavy atom. The van der Waals surface area contributed by atoms with Gasteiger partial charge in [0, 0.05) is 34.3 Å². The molecule has 0 aromatic heterocycles. The van der Waals surface area contributed by atoms with Gasteiger partial charge in [-0.2, -0.15) is 27.1 Å². The molecule has 22 heteroatoms. The van der Waals surface area contributed by atoms with Gasteiger partial charge in [0.15, 0.2) is 11.5 Å². The Balaban J connectivity index is 1.16. The monoisotopic (exact) mass is 904 g/mol. The first-order valence-corrected chi connectivity index (χ1v) is 20.9. The van der Waals surface area contributed by atoms with Crippen molar-refractivity contribution in [2.24, 2.45) is 20.5 Å². The first-order chi connectivity index (χ1) is 30.3. The van der Waals surface area contributed by atoms with E-state index in [1.165, 1.54) is 97.1 Å². The number of aliphatic carboxylic acids is 2. The molecule has 20 nitrogen and oxygen atoms in total. The number of aromatic hydroxyl groups is 2. The number of fused-ring (bicyclic) bond motifs is 2. The molecule has 322 valence electrons. The number of carboxylic acids is 2. The van der Waals surface area contributed by atoms with Crippen LogP contribution >= 0.6 is 0 Å². The maximum absolute atomic E-state index is 12.8. The SMILES string of the molecule is O=C(O)C=Cc1ccc(N=Nc2c(S(=O)(=O)O)cc3cc(Nc4c(Nc5ccc6c(O)c(N=Nc7ccc(C=CC(=O)O)cc7)c(S(=O)(=O)O)cc6c5)c(=O)c4=O)ccc3c2O)cc1. The van der Waals surface area contributed by atoms with Crippen LogP contribution in [-0.4, -0.2) is 58.3 Å². The van der Waals surface area contributed by atoms with E-state index in [0.717, 1.165) is 24.3 Å². The summed E-state index contributed by atoms with van der Waals surface area (Å²) in [5.74, 6) is -3.65. The second-order valence-corrected chi connectivity index (χ2v) is 16.3. The number of hydrogen-bond acceptors (Lipinski definition) is 16. The molecule has 0 aliphatic heterocycles. The lowest BCUT2D eigenvalue weighted by molar-refractivity contribution is -0.132. The van der Waals surface area contributed by atoms with Crippen molar-refractivity contribution in [3.05, 3.63) is 141 Å². The average Bonchev–Trinajstić information content (AvgIpc) is 3.25. The van der Waals surface area contributed by atoms with Crippen molar-refractivity contribution in [3.8, 4) is 11.5 Å². The van der Waals surface area contributed by atoms with Gasteiger partial charge in [-0.05, 0) is 107 Å². The highest BCUT2D eigenvalue weighted by Gasteiger charge is 2.26. The summed E-state index contributed by atoms with van der Waals surface area (Å²) in [5, 5.41) is 61.2. The summed E-state index contributed by atoms with van der Waals surface area (Å²) in [4.78, 5) is 45.5. The standard InChI is InChI=1S/C42H28N6O14S2/c49-33(50)15-5-21-1-7-25(8-2-21)45-47-35-31(63(57,58)59)19-23-17-27(11-13-29(23)39(35)53)43-37-38(42(56)41(37)55)44-28-12-14-30-24(18-28)20-32(64(60,61)62)36(40(30)54)48-46-26-9-3-22(4-10-26)6-16-34(51)52/h1-20,43-44,53-54H,(H,49,50)(H,51,52)(H,57,58,59)(H,60,61,62). The first kappa shape index (κ1) is 43.6. The van der Waals surface area contributed by atoms with E-state index in [4.69, 9.17) is 10.2 Å². The van der Waals surface area contributed by atoms with Gasteiger partial charge in [-0.1, -0.05) is 24.3 Å². The van der Waals surface area contributed by atoms with Crippen molar-refractivity contribution in [1.82, 2.24) is 0 Å². The van der Waals surface area contributed by atoms with Crippen LogP contribution in [0.3, 0.4) is 0 Å². The van der Waals surface area contributed by atoms with E-state index in [1.54, 1.807) is 0 Å². The third-order valence-corrected chi connectivity index (χ3v) is 11.0.